The lowest BCUT2D eigenvalue weighted by Gasteiger charge is -2.07. The highest BCUT2D eigenvalue weighted by Gasteiger charge is 2.33. The minimum atomic E-state index is -4.55. The van der Waals surface area contributed by atoms with Crippen LogP contribution in [0.25, 0.3) is 0 Å². The fourth-order valence-corrected chi connectivity index (χ4v) is 1.14. The van der Waals surface area contributed by atoms with Crippen LogP contribution < -0.4 is 0 Å². The number of amidine groups is 1. The van der Waals surface area contributed by atoms with Crippen LogP contribution in [0.15, 0.2) is 34.7 Å². The van der Waals surface area contributed by atoms with E-state index in [0.29, 0.717) is 17.6 Å². The lowest BCUT2D eigenvalue weighted by atomic mass is 10.3. The van der Waals surface area contributed by atoms with Gasteiger partial charge in [0.25, 0.3) is 0 Å². The summed E-state index contributed by atoms with van der Waals surface area (Å²) in [5, 5.41) is 0. The van der Waals surface area contributed by atoms with Crippen molar-refractivity contribution in [1.82, 2.24) is 9.97 Å². The first kappa shape index (κ1) is 15.0. The van der Waals surface area contributed by atoms with Gasteiger partial charge < -0.3 is 0 Å². The van der Waals surface area contributed by atoms with Crippen molar-refractivity contribution >= 4 is 11.5 Å². The third-order valence-corrected chi connectivity index (χ3v) is 1.78. The highest BCUT2D eigenvalue weighted by atomic mass is 19.4. The molecule has 0 aliphatic rings. The third kappa shape index (κ3) is 4.61. The number of nitrogens with zero attached hydrogens (tertiary/aromatic N) is 4. The average Bonchev–Trinajstić information content (AvgIpc) is 2.26. The van der Waals surface area contributed by atoms with E-state index in [-0.39, 0.29) is 11.5 Å². The van der Waals surface area contributed by atoms with Crippen LogP contribution in [0.4, 0.5) is 13.2 Å². The molecule has 0 atom stereocenters. The second-order valence-electron chi connectivity index (χ2n) is 4.02. The first-order chi connectivity index (χ1) is 8.70. The van der Waals surface area contributed by atoms with Crippen LogP contribution in [0.1, 0.15) is 32.2 Å². The fourth-order valence-electron chi connectivity index (χ4n) is 1.14. The number of rotatable bonds is 2. The quantitative estimate of drug-likeness (QED) is 0.611. The summed E-state index contributed by atoms with van der Waals surface area (Å²) in [5.74, 6) is 0.0612. The second kappa shape index (κ2) is 5.73. The van der Waals surface area contributed by atoms with E-state index in [1.54, 1.807) is 20.8 Å². The van der Waals surface area contributed by atoms with Crippen molar-refractivity contribution in [3.05, 3.63) is 36.1 Å². The molecule has 0 bridgehead atoms. The van der Waals surface area contributed by atoms with E-state index in [9.17, 15) is 13.2 Å². The van der Waals surface area contributed by atoms with E-state index in [1.165, 1.54) is 6.20 Å². The van der Waals surface area contributed by atoms with Crippen molar-refractivity contribution < 1.29 is 13.2 Å². The van der Waals surface area contributed by atoms with Crippen LogP contribution in [0.2, 0.25) is 0 Å². The molecule has 0 saturated heterocycles. The molecule has 1 aromatic heterocycles. The predicted molar refractivity (Wildman–Crippen MR) is 67.2 cm³/mol. The summed E-state index contributed by atoms with van der Waals surface area (Å²) < 4.78 is 37.7. The first-order valence-electron chi connectivity index (χ1n) is 5.36. The smallest absolute Gasteiger partial charge is 0.260 e. The van der Waals surface area contributed by atoms with E-state index in [1.807, 2.05) is 0 Å². The summed E-state index contributed by atoms with van der Waals surface area (Å²) >= 11 is 0. The Morgan fingerprint density at radius 3 is 2.26 bits per heavy atom. The maximum absolute atomic E-state index is 12.6. The molecule has 0 radical (unpaired) electrons. The van der Waals surface area contributed by atoms with Crippen molar-refractivity contribution in [2.24, 2.45) is 9.98 Å². The van der Waals surface area contributed by atoms with Crippen molar-refractivity contribution in [2.75, 3.05) is 0 Å². The Bertz CT molecular complexity index is 540. The van der Waals surface area contributed by atoms with Gasteiger partial charge in [0.15, 0.2) is 11.5 Å². The Morgan fingerprint density at radius 2 is 1.79 bits per heavy atom. The Labute approximate surface area is 108 Å². The molecular weight excluding hydrogens is 257 g/mol. The topological polar surface area (TPSA) is 50.5 Å². The molecule has 102 valence electrons. The molecule has 0 fully saturated rings. The Balaban J connectivity index is 3.33. The lowest BCUT2D eigenvalue weighted by molar-refractivity contribution is -0.141. The van der Waals surface area contributed by atoms with Gasteiger partial charge in [0.05, 0.1) is 12.4 Å². The minimum absolute atomic E-state index is 0.0426. The molecule has 4 nitrogen and oxygen atoms in total. The van der Waals surface area contributed by atoms with Gasteiger partial charge >= 0.3 is 6.18 Å². The second-order valence-corrected chi connectivity index (χ2v) is 4.02. The Morgan fingerprint density at radius 1 is 1.16 bits per heavy atom. The molecule has 0 unspecified atom stereocenters. The zero-order valence-corrected chi connectivity index (χ0v) is 10.8. The molecule has 0 amide bonds. The molecule has 0 spiro atoms. The molecule has 0 saturated carbocycles. The van der Waals surface area contributed by atoms with Gasteiger partial charge in [0, 0.05) is 11.4 Å². The summed E-state index contributed by atoms with van der Waals surface area (Å²) in [5.41, 5.74) is -0.0687. The Kier molecular flexibility index (Phi) is 4.52. The highest BCUT2D eigenvalue weighted by Crippen LogP contribution is 2.26. The summed E-state index contributed by atoms with van der Waals surface area (Å²) in [6.07, 6.45) is -2.71. The van der Waals surface area contributed by atoms with Gasteiger partial charge in [-0.2, -0.15) is 13.2 Å². The maximum atomic E-state index is 12.6. The SMILES string of the molecule is C=C(C)N=C(N=C(C)C)c1cncc(C(F)(F)F)n1. The molecule has 1 heterocycles. The fraction of sp³-hybridized carbons (Fsp3) is 0.333. The van der Waals surface area contributed by atoms with E-state index in [4.69, 9.17) is 0 Å². The number of halogens is 3. The van der Waals surface area contributed by atoms with Gasteiger partial charge in [-0.05, 0) is 20.8 Å². The first-order valence-corrected chi connectivity index (χ1v) is 5.36. The summed E-state index contributed by atoms with van der Waals surface area (Å²) in [4.78, 5) is 15.0. The number of hydrogen-bond acceptors (Lipinski definition) is 3. The molecule has 1 aromatic rings. The van der Waals surface area contributed by atoms with Gasteiger partial charge in [0.1, 0.15) is 5.69 Å². The van der Waals surface area contributed by atoms with E-state index in [0.717, 1.165) is 0 Å². The van der Waals surface area contributed by atoms with Crippen LogP contribution in [0.5, 0.6) is 0 Å². The molecule has 1 rings (SSSR count). The van der Waals surface area contributed by atoms with Crippen LogP contribution in [0.3, 0.4) is 0 Å². The van der Waals surface area contributed by atoms with Gasteiger partial charge in [-0.15, -0.1) is 0 Å². The van der Waals surface area contributed by atoms with Crippen molar-refractivity contribution in [3.63, 3.8) is 0 Å². The largest absolute Gasteiger partial charge is 0.434 e. The Hall–Kier alpha value is -2.05. The van der Waals surface area contributed by atoms with E-state index < -0.39 is 11.9 Å². The van der Waals surface area contributed by atoms with E-state index in [2.05, 4.69) is 26.5 Å². The zero-order chi connectivity index (χ0) is 14.6. The molecule has 0 aliphatic heterocycles. The number of allylic oxidation sites excluding steroid dienone is 1. The molecule has 0 aliphatic carbocycles. The van der Waals surface area contributed by atoms with Crippen molar-refractivity contribution in [1.29, 1.82) is 0 Å². The van der Waals surface area contributed by atoms with Crippen LogP contribution in [-0.2, 0) is 6.18 Å². The predicted octanol–water partition coefficient (Wildman–Crippen LogP) is 3.26. The van der Waals surface area contributed by atoms with E-state index >= 15 is 0 Å². The lowest BCUT2D eigenvalue weighted by Crippen LogP contribution is -2.13. The summed E-state index contributed by atoms with van der Waals surface area (Å²) in [6, 6.07) is 0. The van der Waals surface area contributed by atoms with Crippen LogP contribution in [-0.4, -0.2) is 21.5 Å². The molecule has 0 aromatic carbocycles. The summed E-state index contributed by atoms with van der Waals surface area (Å²) in [6.45, 7) is 8.59. The number of hydrogen-bond donors (Lipinski definition) is 0. The van der Waals surface area contributed by atoms with Crippen molar-refractivity contribution in [3.8, 4) is 0 Å². The number of aliphatic imine (C=N–C) groups is 2. The molecule has 7 heteroatoms. The van der Waals surface area contributed by atoms with Gasteiger partial charge in [-0.25, -0.2) is 15.0 Å². The third-order valence-electron chi connectivity index (χ3n) is 1.78. The van der Waals surface area contributed by atoms with Crippen LogP contribution in [0, 0.1) is 0 Å². The summed E-state index contributed by atoms with van der Waals surface area (Å²) in [7, 11) is 0. The minimum Gasteiger partial charge on any atom is -0.260 e. The average molecular weight is 270 g/mol. The highest BCUT2D eigenvalue weighted by molar-refractivity contribution is 6.05. The normalized spacial score (nSPS) is 12.2. The molecular formula is C12H13F3N4. The molecule has 0 N–H and O–H groups in total. The molecule has 19 heavy (non-hydrogen) atoms. The number of alkyl halides is 3. The monoisotopic (exact) mass is 270 g/mol. The van der Waals surface area contributed by atoms with Crippen LogP contribution >= 0.6 is 0 Å². The maximum Gasteiger partial charge on any atom is 0.434 e. The van der Waals surface area contributed by atoms with Gasteiger partial charge in [-0.3, -0.25) is 4.98 Å². The standard InChI is InChI=1S/C12H13F3N4/c1-7(2)17-11(18-8(3)4)9-5-16-6-10(19-9)12(13,14)15/h5-6H,1H2,2-4H3. The van der Waals surface area contributed by atoms with Crippen molar-refractivity contribution in [2.45, 2.75) is 26.9 Å². The number of aromatic nitrogens is 2. The zero-order valence-electron chi connectivity index (χ0n) is 10.8. The van der Waals surface area contributed by atoms with Gasteiger partial charge in [0.2, 0.25) is 0 Å². The van der Waals surface area contributed by atoms with Gasteiger partial charge in [-0.1, -0.05) is 6.58 Å².